The van der Waals surface area contributed by atoms with E-state index in [1.807, 2.05) is 18.2 Å². The zero-order valence-electron chi connectivity index (χ0n) is 10.7. The largest absolute Gasteiger partial charge is 0.461 e. The van der Waals surface area contributed by atoms with Gasteiger partial charge in [0.05, 0.1) is 12.8 Å². The fourth-order valence-corrected chi connectivity index (χ4v) is 2.17. The van der Waals surface area contributed by atoms with Gasteiger partial charge in [0.2, 0.25) is 5.13 Å². The minimum atomic E-state index is -0.438. The molecule has 0 atom stereocenters. The summed E-state index contributed by atoms with van der Waals surface area (Å²) in [7, 11) is 0. The SMILES string of the molecule is CCOC(=O)c1csc(N/N=C\c2ccccc2Cl)n1. The number of carbonyl (C=O) groups is 1. The third-order valence-electron chi connectivity index (χ3n) is 2.26. The lowest BCUT2D eigenvalue weighted by molar-refractivity contribution is 0.0520. The van der Waals surface area contributed by atoms with Crippen LogP contribution in [0.3, 0.4) is 0 Å². The maximum absolute atomic E-state index is 11.4. The third kappa shape index (κ3) is 3.79. The summed E-state index contributed by atoms with van der Waals surface area (Å²) < 4.78 is 4.85. The first-order valence-corrected chi connectivity index (χ1v) is 7.12. The summed E-state index contributed by atoms with van der Waals surface area (Å²) in [6.45, 7) is 2.07. The summed E-state index contributed by atoms with van der Waals surface area (Å²) in [5, 5.41) is 6.77. The van der Waals surface area contributed by atoms with Gasteiger partial charge in [-0.15, -0.1) is 11.3 Å². The Balaban J connectivity index is 1.98. The van der Waals surface area contributed by atoms with E-state index in [0.717, 1.165) is 5.56 Å². The van der Waals surface area contributed by atoms with Crippen molar-refractivity contribution in [1.82, 2.24) is 4.98 Å². The highest BCUT2D eigenvalue weighted by Crippen LogP contribution is 2.16. The Labute approximate surface area is 125 Å². The number of carbonyl (C=O) groups excluding carboxylic acids is 1. The zero-order chi connectivity index (χ0) is 14.4. The van der Waals surface area contributed by atoms with E-state index in [1.54, 1.807) is 24.6 Å². The second kappa shape index (κ2) is 7.02. The molecule has 7 heteroatoms. The van der Waals surface area contributed by atoms with Crippen molar-refractivity contribution < 1.29 is 9.53 Å². The van der Waals surface area contributed by atoms with E-state index < -0.39 is 5.97 Å². The molecule has 0 saturated carbocycles. The van der Waals surface area contributed by atoms with Crippen molar-refractivity contribution in [2.45, 2.75) is 6.92 Å². The lowest BCUT2D eigenvalue weighted by atomic mass is 10.2. The van der Waals surface area contributed by atoms with Crippen LogP contribution >= 0.6 is 22.9 Å². The van der Waals surface area contributed by atoms with Gasteiger partial charge in [-0.05, 0) is 13.0 Å². The Morgan fingerprint density at radius 3 is 3.10 bits per heavy atom. The van der Waals surface area contributed by atoms with Crippen LogP contribution in [-0.4, -0.2) is 23.8 Å². The summed E-state index contributed by atoms with van der Waals surface area (Å²) in [6.07, 6.45) is 1.59. The first kappa shape index (κ1) is 14.5. The lowest BCUT2D eigenvalue weighted by Gasteiger charge is -1.97. The minimum Gasteiger partial charge on any atom is -0.461 e. The molecule has 0 aliphatic carbocycles. The number of nitrogens with zero attached hydrogens (tertiary/aromatic N) is 2. The number of rotatable bonds is 5. The molecular formula is C13H12ClN3O2S. The molecule has 20 heavy (non-hydrogen) atoms. The first-order chi connectivity index (χ1) is 9.70. The maximum atomic E-state index is 11.4. The zero-order valence-corrected chi connectivity index (χ0v) is 12.2. The molecule has 0 radical (unpaired) electrons. The molecule has 0 amide bonds. The Bertz CT molecular complexity index is 628. The van der Waals surface area contributed by atoms with Crippen LogP contribution in [0.25, 0.3) is 0 Å². The van der Waals surface area contributed by atoms with Crippen LogP contribution in [0.5, 0.6) is 0 Å². The number of aromatic nitrogens is 1. The van der Waals surface area contributed by atoms with Crippen molar-refractivity contribution in [1.29, 1.82) is 0 Å². The maximum Gasteiger partial charge on any atom is 0.357 e. The van der Waals surface area contributed by atoms with Crippen LogP contribution in [0, 0.1) is 0 Å². The van der Waals surface area contributed by atoms with E-state index in [4.69, 9.17) is 16.3 Å². The Morgan fingerprint density at radius 2 is 2.35 bits per heavy atom. The predicted molar refractivity (Wildman–Crippen MR) is 80.7 cm³/mol. The number of esters is 1. The number of benzene rings is 1. The Hall–Kier alpha value is -1.92. The highest BCUT2D eigenvalue weighted by molar-refractivity contribution is 7.13. The summed E-state index contributed by atoms with van der Waals surface area (Å²) in [4.78, 5) is 15.5. The molecule has 5 nitrogen and oxygen atoms in total. The molecule has 1 heterocycles. The molecule has 0 fully saturated rings. The minimum absolute atomic E-state index is 0.271. The van der Waals surface area contributed by atoms with Crippen molar-refractivity contribution in [2.24, 2.45) is 5.10 Å². The monoisotopic (exact) mass is 309 g/mol. The Kier molecular flexibility index (Phi) is 5.09. The van der Waals surface area contributed by atoms with Gasteiger partial charge in [0.15, 0.2) is 5.69 Å². The van der Waals surface area contributed by atoms with Gasteiger partial charge in [-0.1, -0.05) is 29.8 Å². The molecule has 0 spiro atoms. The number of nitrogens with one attached hydrogen (secondary N) is 1. The molecule has 0 unspecified atom stereocenters. The van der Waals surface area contributed by atoms with Gasteiger partial charge in [0, 0.05) is 16.0 Å². The average molecular weight is 310 g/mol. The predicted octanol–water partition coefficient (Wildman–Crippen LogP) is 3.42. The fraction of sp³-hybridized carbons (Fsp3) is 0.154. The van der Waals surface area contributed by atoms with Gasteiger partial charge in [0.1, 0.15) is 0 Å². The van der Waals surface area contributed by atoms with Crippen LogP contribution in [-0.2, 0) is 4.74 Å². The molecule has 1 aromatic heterocycles. The molecule has 2 aromatic rings. The molecule has 0 aliphatic rings. The average Bonchev–Trinajstić information content (AvgIpc) is 2.90. The lowest BCUT2D eigenvalue weighted by Crippen LogP contribution is -2.04. The number of anilines is 1. The van der Waals surface area contributed by atoms with Crippen molar-refractivity contribution in [3.63, 3.8) is 0 Å². The van der Waals surface area contributed by atoms with E-state index in [2.05, 4.69) is 15.5 Å². The first-order valence-electron chi connectivity index (χ1n) is 5.87. The topological polar surface area (TPSA) is 63.6 Å². The van der Waals surface area contributed by atoms with Gasteiger partial charge in [-0.3, -0.25) is 5.43 Å². The number of ether oxygens (including phenoxy) is 1. The van der Waals surface area contributed by atoms with Gasteiger partial charge < -0.3 is 4.74 Å². The van der Waals surface area contributed by atoms with E-state index >= 15 is 0 Å². The van der Waals surface area contributed by atoms with Crippen LogP contribution in [0.4, 0.5) is 5.13 Å². The van der Waals surface area contributed by atoms with E-state index in [9.17, 15) is 4.79 Å². The Morgan fingerprint density at radius 1 is 1.55 bits per heavy atom. The van der Waals surface area contributed by atoms with Crippen molar-refractivity contribution in [3.05, 3.63) is 45.9 Å². The molecule has 0 aliphatic heterocycles. The smallest absolute Gasteiger partial charge is 0.357 e. The van der Waals surface area contributed by atoms with Gasteiger partial charge in [0.25, 0.3) is 0 Å². The van der Waals surface area contributed by atoms with Gasteiger partial charge in [-0.2, -0.15) is 5.10 Å². The van der Waals surface area contributed by atoms with E-state index in [-0.39, 0.29) is 5.69 Å². The second-order valence-corrected chi connectivity index (χ2v) is 4.92. The van der Waals surface area contributed by atoms with Gasteiger partial charge in [-0.25, -0.2) is 9.78 Å². The highest BCUT2D eigenvalue weighted by Gasteiger charge is 2.10. The summed E-state index contributed by atoms with van der Waals surface area (Å²) in [6, 6.07) is 7.35. The normalized spacial score (nSPS) is 10.7. The molecule has 2 rings (SSSR count). The third-order valence-corrected chi connectivity index (χ3v) is 3.35. The van der Waals surface area contributed by atoms with Crippen LogP contribution in [0.15, 0.2) is 34.7 Å². The number of halogens is 1. The van der Waals surface area contributed by atoms with Crippen molar-refractivity contribution >= 4 is 40.3 Å². The molecule has 0 bridgehead atoms. The van der Waals surface area contributed by atoms with E-state index in [0.29, 0.717) is 16.8 Å². The number of thiazole rings is 1. The summed E-state index contributed by atoms with van der Waals surface area (Å²) in [5.74, 6) is -0.438. The molecule has 1 aromatic carbocycles. The number of hydrogen-bond donors (Lipinski definition) is 1. The highest BCUT2D eigenvalue weighted by atomic mass is 35.5. The standard InChI is InChI=1S/C13H12ClN3O2S/c1-2-19-12(18)11-8-20-13(16-11)17-15-7-9-5-3-4-6-10(9)14/h3-8H,2H2,1H3,(H,16,17)/b15-7-. The summed E-state index contributed by atoms with van der Waals surface area (Å²) >= 11 is 7.27. The van der Waals surface area contributed by atoms with Crippen LogP contribution in [0.1, 0.15) is 23.0 Å². The number of hydrogen-bond acceptors (Lipinski definition) is 6. The quantitative estimate of drug-likeness (QED) is 0.522. The van der Waals surface area contributed by atoms with Gasteiger partial charge >= 0.3 is 5.97 Å². The van der Waals surface area contributed by atoms with Crippen LogP contribution < -0.4 is 5.43 Å². The van der Waals surface area contributed by atoms with Crippen LogP contribution in [0.2, 0.25) is 5.02 Å². The summed E-state index contributed by atoms with van der Waals surface area (Å²) in [5.41, 5.74) is 3.81. The fourth-order valence-electron chi connectivity index (χ4n) is 1.36. The molecule has 0 saturated heterocycles. The second-order valence-electron chi connectivity index (χ2n) is 3.65. The van der Waals surface area contributed by atoms with E-state index in [1.165, 1.54) is 11.3 Å². The van der Waals surface area contributed by atoms with Crippen molar-refractivity contribution in [2.75, 3.05) is 12.0 Å². The molecular weight excluding hydrogens is 298 g/mol. The number of hydrazone groups is 1. The van der Waals surface area contributed by atoms with Crippen molar-refractivity contribution in [3.8, 4) is 0 Å². The molecule has 1 N–H and O–H groups in total. The molecule has 104 valence electrons.